The number of thiophene rings is 2. The van der Waals surface area contributed by atoms with Crippen LogP contribution in [0.1, 0.15) is 154 Å². The van der Waals surface area contributed by atoms with Crippen LogP contribution in [0.15, 0.2) is 45.1 Å². The fourth-order valence-corrected chi connectivity index (χ4v) is 12.2. The Balaban J connectivity index is 1.34. The Bertz CT molecular complexity index is 3210. The minimum atomic E-state index is -0.124. The van der Waals surface area contributed by atoms with Crippen molar-refractivity contribution in [2.45, 2.75) is 140 Å². The standard InChI is InChI=1S/C55H63N5S4/c1-30(2)22-34-26-41(43-45-47(58-63-56-45)44(48-46(43)57-64-59-48)42-27-35(23-31(3)4)51(62-42)55(14,15)16)61-40(34)19-18-32-24-36(53(8,9)10)28-38-39-29-37(54(11,12)13)25-33(20-21-52(5,6)7)50(39)60(17)49(32)38/h24-31H,22-23H2,1-17H3. The van der Waals surface area contributed by atoms with Gasteiger partial charge in [0.1, 0.15) is 22.4 Å². The molecule has 3 aromatic carbocycles. The molecule has 4 aromatic heterocycles. The molecule has 0 spiro atoms. The maximum Gasteiger partial charge on any atom is 0.116 e. The summed E-state index contributed by atoms with van der Waals surface area (Å²) in [5, 5.41) is 2.46. The first kappa shape index (κ1) is 46.2. The van der Waals surface area contributed by atoms with E-state index in [4.69, 9.17) is 17.5 Å². The van der Waals surface area contributed by atoms with Crippen molar-refractivity contribution in [1.29, 1.82) is 0 Å². The van der Waals surface area contributed by atoms with Gasteiger partial charge in [0, 0.05) is 60.1 Å². The summed E-state index contributed by atoms with van der Waals surface area (Å²) in [7, 11) is 2.19. The average Bonchev–Trinajstić information content (AvgIpc) is 4.02. The Morgan fingerprint density at radius 1 is 0.578 bits per heavy atom. The van der Waals surface area contributed by atoms with Crippen molar-refractivity contribution in [2.75, 3.05) is 0 Å². The number of aromatic nitrogens is 3. The summed E-state index contributed by atoms with van der Waals surface area (Å²) >= 11 is 6.17. The lowest BCUT2D eigenvalue weighted by atomic mass is 9.83. The summed E-state index contributed by atoms with van der Waals surface area (Å²) in [6, 6.07) is 14.2. The van der Waals surface area contributed by atoms with Gasteiger partial charge in [0.15, 0.2) is 0 Å². The third kappa shape index (κ3) is 8.83. The molecular weight excluding hydrogens is 859 g/mol. The number of hydrogen-bond donors (Lipinski definition) is 0. The van der Waals surface area contributed by atoms with Gasteiger partial charge in [-0.25, -0.2) is 0 Å². The lowest BCUT2D eigenvalue weighted by Gasteiger charge is -2.21. The molecule has 64 heavy (non-hydrogen) atoms. The molecule has 7 aromatic rings. The first-order chi connectivity index (χ1) is 29.8. The predicted octanol–water partition coefficient (Wildman–Crippen LogP) is 16.6. The van der Waals surface area contributed by atoms with Gasteiger partial charge in [0.05, 0.1) is 39.0 Å². The average molecular weight is 922 g/mol. The van der Waals surface area contributed by atoms with E-state index in [9.17, 15) is 0 Å². The summed E-state index contributed by atoms with van der Waals surface area (Å²) in [4.78, 5) is 4.80. The Labute approximate surface area is 397 Å². The zero-order chi connectivity index (χ0) is 46.4. The molecule has 5 nitrogen and oxygen atoms in total. The highest BCUT2D eigenvalue weighted by Gasteiger charge is 2.31. The molecule has 0 N–H and O–H groups in total. The molecule has 0 aliphatic carbocycles. The maximum absolute atomic E-state index is 5.01. The van der Waals surface area contributed by atoms with Crippen molar-refractivity contribution in [1.82, 2.24) is 13.3 Å². The van der Waals surface area contributed by atoms with Crippen molar-refractivity contribution in [2.24, 2.45) is 33.0 Å². The minimum absolute atomic E-state index is 0.0280. The van der Waals surface area contributed by atoms with Crippen molar-refractivity contribution in [3.63, 3.8) is 0 Å². The van der Waals surface area contributed by atoms with Gasteiger partial charge in [-0.3, -0.25) is 0 Å². The van der Waals surface area contributed by atoms with Crippen LogP contribution in [0.3, 0.4) is 0 Å². The molecule has 1 aliphatic heterocycles. The summed E-state index contributed by atoms with van der Waals surface area (Å²) < 4.78 is 22.4. The van der Waals surface area contributed by atoms with Gasteiger partial charge in [0.2, 0.25) is 0 Å². The number of hydrogen-bond acceptors (Lipinski definition) is 7. The fourth-order valence-electron chi connectivity index (χ4n) is 8.70. The summed E-state index contributed by atoms with van der Waals surface area (Å²) in [6.45, 7) is 36.4. The number of nitrogens with zero attached hydrogens (tertiary/aromatic N) is 5. The monoisotopic (exact) mass is 921 g/mol. The Morgan fingerprint density at radius 2 is 1.06 bits per heavy atom. The van der Waals surface area contributed by atoms with Crippen LogP contribution in [0, 0.1) is 40.9 Å². The van der Waals surface area contributed by atoms with E-state index in [1.165, 1.54) is 65.9 Å². The first-order valence-electron chi connectivity index (χ1n) is 22.6. The second-order valence-electron chi connectivity index (χ2n) is 22.7. The Hall–Kier alpha value is -4.38. The molecule has 0 fully saturated rings. The van der Waals surface area contributed by atoms with E-state index in [1.54, 1.807) is 11.3 Å². The van der Waals surface area contributed by atoms with Gasteiger partial charge < -0.3 is 4.57 Å². The summed E-state index contributed by atoms with van der Waals surface area (Å²) in [6.07, 6.45) is 1.95. The SMILES string of the molecule is CC(C)Cc1cc(-c2c3c(c(-c4cc(CC(C)C)c(C(C)(C)C)s4)c4nsnc24)N=S=N3)sc1C#Cc1cc(C(C)(C)C)cc2c3cc(C(C)(C)C)cc(C#CC(C)(C)C)c3n(C)c12. The molecule has 0 saturated heterocycles. The zero-order valence-corrected chi connectivity index (χ0v) is 44.2. The molecule has 9 heteroatoms. The van der Waals surface area contributed by atoms with Gasteiger partial charge >= 0.3 is 0 Å². The molecule has 0 unspecified atom stereocenters. The van der Waals surface area contributed by atoms with Crippen LogP contribution in [0.2, 0.25) is 0 Å². The zero-order valence-electron chi connectivity index (χ0n) is 40.9. The van der Waals surface area contributed by atoms with Crippen LogP contribution in [-0.2, 0) is 47.5 Å². The van der Waals surface area contributed by atoms with Crippen LogP contribution >= 0.6 is 34.4 Å². The molecule has 0 bridgehead atoms. The van der Waals surface area contributed by atoms with Crippen molar-refractivity contribution >= 4 is 90.0 Å². The molecule has 1 aliphatic rings. The summed E-state index contributed by atoms with van der Waals surface area (Å²) in [5.41, 5.74) is 15.1. The number of rotatable bonds is 6. The van der Waals surface area contributed by atoms with Crippen LogP contribution in [-0.4, -0.2) is 13.3 Å². The molecule has 0 radical (unpaired) electrons. The largest absolute Gasteiger partial charge is 0.342 e. The van der Waals surface area contributed by atoms with E-state index < -0.39 is 0 Å². The van der Waals surface area contributed by atoms with E-state index >= 15 is 0 Å². The van der Waals surface area contributed by atoms with Crippen molar-refractivity contribution in [3.8, 4) is 44.6 Å². The number of benzene rings is 3. The van der Waals surface area contributed by atoms with Crippen LogP contribution in [0.25, 0.3) is 53.7 Å². The normalized spacial score (nSPS) is 13.3. The smallest absolute Gasteiger partial charge is 0.116 e. The van der Waals surface area contributed by atoms with Crippen molar-refractivity contribution in [3.05, 3.63) is 79.5 Å². The maximum atomic E-state index is 5.01. The van der Waals surface area contributed by atoms with Crippen molar-refractivity contribution < 1.29 is 0 Å². The van der Waals surface area contributed by atoms with Crippen LogP contribution in [0.5, 0.6) is 0 Å². The van der Waals surface area contributed by atoms with Crippen LogP contribution < -0.4 is 0 Å². The fraction of sp³-hybridized carbons (Fsp3) is 0.455. The molecule has 332 valence electrons. The second kappa shape index (κ2) is 16.5. The topological polar surface area (TPSA) is 55.4 Å². The Kier molecular flexibility index (Phi) is 11.9. The number of aryl methyl sites for hydroxylation is 1. The van der Waals surface area contributed by atoms with E-state index in [1.807, 2.05) is 11.3 Å². The lowest BCUT2D eigenvalue weighted by Crippen LogP contribution is -2.12. The van der Waals surface area contributed by atoms with E-state index in [0.717, 1.165) is 78.3 Å². The Morgan fingerprint density at radius 3 is 1.55 bits per heavy atom. The molecule has 0 amide bonds. The third-order valence-corrected chi connectivity index (χ3v) is 15.6. The van der Waals surface area contributed by atoms with Gasteiger partial charge in [-0.1, -0.05) is 114 Å². The first-order valence-corrected chi connectivity index (χ1v) is 25.7. The van der Waals surface area contributed by atoms with Gasteiger partial charge in [-0.05, 0) is 120 Å². The minimum Gasteiger partial charge on any atom is -0.342 e. The number of fused-ring (bicyclic) bond motifs is 5. The van der Waals surface area contributed by atoms with E-state index in [-0.39, 0.29) is 21.7 Å². The second-order valence-corrected chi connectivity index (χ2v) is 25.9. The molecular formula is C55H63N5S4. The van der Waals surface area contributed by atoms with Crippen LogP contribution in [0.4, 0.5) is 11.4 Å². The molecule has 8 rings (SSSR count). The molecule has 0 atom stereocenters. The van der Waals surface area contributed by atoms with E-state index in [0.29, 0.717) is 11.8 Å². The van der Waals surface area contributed by atoms with Gasteiger partial charge in [0.25, 0.3) is 0 Å². The molecule has 0 saturated carbocycles. The van der Waals surface area contributed by atoms with Gasteiger partial charge in [-0.2, -0.15) is 17.5 Å². The third-order valence-electron chi connectivity index (χ3n) is 11.8. The predicted molar refractivity (Wildman–Crippen MR) is 282 cm³/mol. The highest BCUT2D eigenvalue weighted by molar-refractivity contribution is 7.58. The summed E-state index contributed by atoms with van der Waals surface area (Å²) in [5.74, 6) is 15.8. The highest BCUT2D eigenvalue weighted by atomic mass is 32.1. The quantitative estimate of drug-likeness (QED) is 0.156. The highest BCUT2D eigenvalue weighted by Crippen LogP contribution is 2.55. The lowest BCUT2D eigenvalue weighted by molar-refractivity contribution is 0.571. The van der Waals surface area contributed by atoms with E-state index in [2.05, 4.69) is 182 Å². The van der Waals surface area contributed by atoms with Gasteiger partial charge in [-0.15, -0.1) is 22.7 Å². The molecule has 5 heterocycles.